The van der Waals surface area contributed by atoms with Crippen LogP contribution in [0.5, 0.6) is 5.75 Å². The Bertz CT molecular complexity index is 1240. The van der Waals surface area contributed by atoms with Gasteiger partial charge in [-0.25, -0.2) is 4.39 Å². The van der Waals surface area contributed by atoms with Crippen molar-refractivity contribution in [3.63, 3.8) is 0 Å². The number of pyridine rings is 1. The number of hydrogen-bond acceptors (Lipinski definition) is 5. The van der Waals surface area contributed by atoms with Gasteiger partial charge in [-0.15, -0.1) is 0 Å². The summed E-state index contributed by atoms with van der Waals surface area (Å²) in [6.45, 7) is 10.0. The number of anilines is 1. The fraction of sp³-hybridized carbons (Fsp3) is 0.345. The van der Waals surface area contributed by atoms with Crippen molar-refractivity contribution in [3.05, 3.63) is 77.9 Å². The first-order valence-electron chi connectivity index (χ1n) is 12.8. The van der Waals surface area contributed by atoms with E-state index in [1.165, 1.54) is 6.07 Å². The molecule has 8 heteroatoms. The standard InChI is InChI=1S/C29H33FN4O3/c1-4-32(5-2)28(35)21-7-10-24(11-8-21)33-13-15-34(16-14-33)29(36)22-9-12-26(27(30)18-22)23-17-25(37-6-3)20-31-19-23/h7-12,17-20H,4-6,13-16H2,1-3H3. The molecule has 0 unspecified atom stereocenters. The highest BCUT2D eigenvalue weighted by Crippen LogP contribution is 2.27. The fourth-order valence-electron chi connectivity index (χ4n) is 4.55. The average Bonchev–Trinajstić information content (AvgIpc) is 2.94. The molecule has 7 nitrogen and oxygen atoms in total. The van der Waals surface area contributed by atoms with E-state index >= 15 is 0 Å². The van der Waals surface area contributed by atoms with Gasteiger partial charge in [0.05, 0.1) is 12.8 Å². The van der Waals surface area contributed by atoms with Gasteiger partial charge in [0.2, 0.25) is 0 Å². The lowest BCUT2D eigenvalue weighted by atomic mass is 10.0. The monoisotopic (exact) mass is 504 g/mol. The zero-order valence-corrected chi connectivity index (χ0v) is 21.6. The smallest absolute Gasteiger partial charge is 0.254 e. The van der Waals surface area contributed by atoms with Gasteiger partial charge >= 0.3 is 0 Å². The number of carbonyl (C=O) groups excluding carboxylic acids is 2. The molecule has 4 rings (SSSR count). The number of carbonyl (C=O) groups is 2. The van der Waals surface area contributed by atoms with E-state index in [0.717, 1.165) is 5.69 Å². The summed E-state index contributed by atoms with van der Waals surface area (Å²) in [5.74, 6) is -0.0585. The van der Waals surface area contributed by atoms with E-state index in [1.807, 2.05) is 45.0 Å². The lowest BCUT2D eigenvalue weighted by Gasteiger charge is -2.36. The normalized spacial score (nSPS) is 13.4. The number of halogens is 1. The minimum absolute atomic E-state index is 0.0310. The summed E-state index contributed by atoms with van der Waals surface area (Å²) < 4.78 is 20.4. The van der Waals surface area contributed by atoms with E-state index in [0.29, 0.717) is 73.9 Å². The Hall–Kier alpha value is -3.94. The van der Waals surface area contributed by atoms with E-state index in [4.69, 9.17) is 4.74 Å². The highest BCUT2D eigenvalue weighted by Gasteiger charge is 2.23. The Morgan fingerprint density at radius 3 is 2.22 bits per heavy atom. The van der Waals surface area contributed by atoms with Crippen LogP contribution in [0.3, 0.4) is 0 Å². The molecule has 2 aromatic carbocycles. The first kappa shape index (κ1) is 26.1. The van der Waals surface area contributed by atoms with E-state index < -0.39 is 5.82 Å². The van der Waals surface area contributed by atoms with E-state index in [2.05, 4.69) is 9.88 Å². The van der Waals surface area contributed by atoms with Crippen molar-refractivity contribution in [2.24, 2.45) is 0 Å². The van der Waals surface area contributed by atoms with E-state index in [-0.39, 0.29) is 11.8 Å². The molecule has 3 aromatic rings. The molecule has 37 heavy (non-hydrogen) atoms. The van der Waals surface area contributed by atoms with Gasteiger partial charge in [0, 0.05) is 73.4 Å². The van der Waals surface area contributed by atoms with Crippen LogP contribution in [0.2, 0.25) is 0 Å². The number of benzene rings is 2. The largest absolute Gasteiger partial charge is 0.492 e. The second kappa shape index (κ2) is 11.9. The second-order valence-electron chi connectivity index (χ2n) is 8.84. The van der Waals surface area contributed by atoms with Gasteiger partial charge in [0.25, 0.3) is 11.8 Å². The Morgan fingerprint density at radius 1 is 0.919 bits per heavy atom. The third-order valence-electron chi connectivity index (χ3n) is 6.65. The fourth-order valence-corrected chi connectivity index (χ4v) is 4.55. The molecule has 1 aliphatic rings. The number of hydrogen-bond donors (Lipinski definition) is 0. The minimum Gasteiger partial charge on any atom is -0.492 e. The highest BCUT2D eigenvalue weighted by molar-refractivity contribution is 5.95. The van der Waals surface area contributed by atoms with Gasteiger partial charge in [0.15, 0.2) is 0 Å². The second-order valence-corrected chi connectivity index (χ2v) is 8.84. The van der Waals surface area contributed by atoms with E-state index in [9.17, 15) is 14.0 Å². The maximum Gasteiger partial charge on any atom is 0.254 e. The van der Waals surface area contributed by atoms with Crippen molar-refractivity contribution in [3.8, 4) is 16.9 Å². The number of aromatic nitrogens is 1. The predicted molar refractivity (Wildman–Crippen MR) is 143 cm³/mol. The highest BCUT2D eigenvalue weighted by atomic mass is 19.1. The Balaban J connectivity index is 1.38. The summed E-state index contributed by atoms with van der Waals surface area (Å²) >= 11 is 0. The van der Waals surface area contributed by atoms with Crippen LogP contribution in [0.4, 0.5) is 10.1 Å². The number of rotatable bonds is 8. The maximum absolute atomic E-state index is 15.0. The molecule has 1 saturated heterocycles. The molecule has 194 valence electrons. The lowest BCUT2D eigenvalue weighted by molar-refractivity contribution is 0.0744. The van der Waals surface area contributed by atoms with Gasteiger partial charge in [0.1, 0.15) is 11.6 Å². The predicted octanol–water partition coefficient (Wildman–Crippen LogP) is 4.73. The van der Waals surface area contributed by atoms with Crippen LogP contribution >= 0.6 is 0 Å². The molecule has 0 atom stereocenters. The molecule has 0 spiro atoms. The van der Waals surface area contributed by atoms with Crippen LogP contribution in [-0.4, -0.2) is 72.5 Å². The average molecular weight is 505 g/mol. The van der Waals surface area contributed by atoms with Crippen molar-refractivity contribution < 1.29 is 18.7 Å². The molecule has 2 heterocycles. The van der Waals surface area contributed by atoms with E-state index in [1.54, 1.807) is 40.4 Å². The first-order chi connectivity index (χ1) is 17.9. The first-order valence-corrected chi connectivity index (χ1v) is 12.8. The molecule has 1 fully saturated rings. The topological polar surface area (TPSA) is 66.0 Å². The summed E-state index contributed by atoms with van der Waals surface area (Å²) in [6, 6.07) is 13.9. The molecule has 0 N–H and O–H groups in total. The zero-order valence-electron chi connectivity index (χ0n) is 21.6. The third-order valence-corrected chi connectivity index (χ3v) is 6.65. The van der Waals surface area contributed by atoms with Gasteiger partial charge < -0.3 is 19.4 Å². The molecule has 0 radical (unpaired) electrons. The molecule has 0 aliphatic carbocycles. The van der Waals surface area contributed by atoms with Crippen LogP contribution in [-0.2, 0) is 0 Å². The molecule has 1 aromatic heterocycles. The summed E-state index contributed by atoms with van der Waals surface area (Å²) in [7, 11) is 0. The Kier molecular flexibility index (Phi) is 8.38. The number of ether oxygens (including phenoxy) is 1. The van der Waals surface area contributed by atoms with Crippen LogP contribution < -0.4 is 9.64 Å². The van der Waals surface area contributed by atoms with Crippen molar-refractivity contribution in [1.29, 1.82) is 0 Å². The SMILES string of the molecule is CCOc1cncc(-c2ccc(C(=O)N3CCN(c4ccc(C(=O)N(CC)CC)cc4)CC3)cc2F)c1. The van der Waals surface area contributed by atoms with Crippen LogP contribution in [0.25, 0.3) is 11.1 Å². The number of piperazine rings is 1. The number of nitrogens with zero attached hydrogens (tertiary/aromatic N) is 4. The van der Waals surface area contributed by atoms with Crippen LogP contribution in [0.15, 0.2) is 60.9 Å². The molecule has 0 saturated carbocycles. The van der Waals surface area contributed by atoms with Gasteiger partial charge in [-0.1, -0.05) is 6.07 Å². The van der Waals surface area contributed by atoms with Gasteiger partial charge in [-0.3, -0.25) is 14.6 Å². The van der Waals surface area contributed by atoms with Gasteiger partial charge in [-0.2, -0.15) is 0 Å². The summed E-state index contributed by atoms with van der Waals surface area (Å²) in [4.78, 5) is 35.5. The number of amides is 2. The molecule has 1 aliphatic heterocycles. The van der Waals surface area contributed by atoms with Crippen molar-refractivity contribution in [2.75, 3.05) is 50.8 Å². The lowest BCUT2D eigenvalue weighted by Crippen LogP contribution is -2.48. The molecular formula is C29H33FN4O3. The Morgan fingerprint density at radius 2 is 1.59 bits per heavy atom. The van der Waals surface area contributed by atoms with Crippen LogP contribution in [0, 0.1) is 5.82 Å². The maximum atomic E-state index is 15.0. The Labute approximate surface area is 217 Å². The molecule has 2 amide bonds. The van der Waals surface area contributed by atoms with Crippen LogP contribution in [0.1, 0.15) is 41.5 Å². The zero-order chi connectivity index (χ0) is 26.4. The van der Waals surface area contributed by atoms with Crippen molar-refractivity contribution in [2.45, 2.75) is 20.8 Å². The minimum atomic E-state index is -0.473. The summed E-state index contributed by atoms with van der Waals surface area (Å²) in [5, 5.41) is 0. The third kappa shape index (κ3) is 5.90. The van der Waals surface area contributed by atoms with Crippen molar-refractivity contribution in [1.82, 2.24) is 14.8 Å². The quantitative estimate of drug-likeness (QED) is 0.444. The summed E-state index contributed by atoms with van der Waals surface area (Å²) in [5.41, 5.74) is 2.98. The molecular weight excluding hydrogens is 471 g/mol. The van der Waals surface area contributed by atoms with Gasteiger partial charge in [-0.05, 0) is 63.2 Å². The summed E-state index contributed by atoms with van der Waals surface area (Å²) in [6.07, 6.45) is 3.16. The molecule has 0 bridgehead atoms. The van der Waals surface area contributed by atoms with Crippen molar-refractivity contribution >= 4 is 17.5 Å².